The third-order valence-corrected chi connectivity index (χ3v) is 7.54. The number of hydrogen-bond acceptors (Lipinski definition) is 1. The van der Waals surface area contributed by atoms with Crippen molar-refractivity contribution in [3.05, 3.63) is 101 Å². The van der Waals surface area contributed by atoms with E-state index in [1.165, 1.54) is 54.9 Å². The molecule has 0 spiro atoms. The third-order valence-electron chi connectivity index (χ3n) is 7.54. The summed E-state index contributed by atoms with van der Waals surface area (Å²) >= 11 is 0. The van der Waals surface area contributed by atoms with Crippen molar-refractivity contribution in [3.63, 3.8) is 0 Å². The number of allylic oxidation sites excluding steroid dienone is 2. The first-order valence-electron chi connectivity index (χ1n) is 14.0. The van der Waals surface area contributed by atoms with Gasteiger partial charge in [-0.3, -0.25) is 0 Å². The molecule has 1 nitrogen and oxygen atoms in total. The SMILES string of the molecule is CCCOc1ccc(-c2ccc(C3CCC(C=CCCc4ccc(CCC)cc4)CC3)cc2)c(F)c1F. The Labute approximate surface area is 221 Å². The second-order valence-electron chi connectivity index (χ2n) is 10.4. The minimum absolute atomic E-state index is 0.0217. The van der Waals surface area contributed by atoms with E-state index in [2.05, 4.69) is 55.5 Å². The molecule has 0 atom stereocenters. The van der Waals surface area contributed by atoms with Gasteiger partial charge in [0.25, 0.3) is 0 Å². The van der Waals surface area contributed by atoms with Crippen molar-refractivity contribution in [3.8, 4) is 16.9 Å². The zero-order valence-electron chi connectivity index (χ0n) is 22.3. The summed E-state index contributed by atoms with van der Waals surface area (Å²) in [6.07, 6.45) is 14.8. The summed E-state index contributed by atoms with van der Waals surface area (Å²) in [5.74, 6) is -0.584. The molecule has 1 aliphatic carbocycles. The highest BCUT2D eigenvalue weighted by Crippen LogP contribution is 2.37. The Morgan fingerprint density at radius 3 is 2.08 bits per heavy atom. The molecule has 0 bridgehead atoms. The van der Waals surface area contributed by atoms with Gasteiger partial charge in [0.05, 0.1) is 6.61 Å². The Balaban J connectivity index is 1.26. The molecule has 196 valence electrons. The van der Waals surface area contributed by atoms with Crippen molar-refractivity contribution < 1.29 is 13.5 Å². The smallest absolute Gasteiger partial charge is 0.201 e. The van der Waals surface area contributed by atoms with E-state index in [1.54, 1.807) is 6.07 Å². The zero-order chi connectivity index (χ0) is 26.0. The van der Waals surface area contributed by atoms with Gasteiger partial charge in [-0.1, -0.05) is 81.0 Å². The number of ether oxygens (including phenoxy) is 1. The first kappa shape index (κ1) is 27.1. The van der Waals surface area contributed by atoms with Crippen LogP contribution in [0.15, 0.2) is 72.8 Å². The second kappa shape index (κ2) is 13.6. The zero-order valence-corrected chi connectivity index (χ0v) is 22.3. The molecule has 0 N–H and O–H groups in total. The maximum absolute atomic E-state index is 14.7. The van der Waals surface area contributed by atoms with Crippen LogP contribution in [0.25, 0.3) is 11.1 Å². The van der Waals surface area contributed by atoms with E-state index in [1.807, 2.05) is 19.1 Å². The summed E-state index contributed by atoms with van der Waals surface area (Å²) < 4.78 is 34.4. The van der Waals surface area contributed by atoms with Gasteiger partial charge in [-0.2, -0.15) is 4.39 Å². The molecule has 3 aromatic rings. The van der Waals surface area contributed by atoms with E-state index in [9.17, 15) is 8.78 Å². The van der Waals surface area contributed by atoms with Crippen LogP contribution in [-0.4, -0.2) is 6.61 Å². The lowest BCUT2D eigenvalue weighted by molar-refractivity contribution is 0.295. The number of benzene rings is 3. The topological polar surface area (TPSA) is 9.23 Å². The highest BCUT2D eigenvalue weighted by Gasteiger charge is 2.21. The van der Waals surface area contributed by atoms with Crippen molar-refractivity contribution in [1.82, 2.24) is 0 Å². The summed E-state index contributed by atoms with van der Waals surface area (Å²) in [6, 6.07) is 20.2. The molecule has 0 saturated heterocycles. The van der Waals surface area contributed by atoms with E-state index in [0.29, 0.717) is 24.0 Å². The molecule has 0 aromatic heterocycles. The van der Waals surface area contributed by atoms with Gasteiger partial charge in [-0.25, -0.2) is 4.39 Å². The predicted molar refractivity (Wildman–Crippen MR) is 150 cm³/mol. The molecule has 4 rings (SSSR count). The molecule has 3 aromatic carbocycles. The van der Waals surface area contributed by atoms with Gasteiger partial charge in [0.2, 0.25) is 5.82 Å². The average molecular weight is 503 g/mol. The molecule has 1 saturated carbocycles. The monoisotopic (exact) mass is 502 g/mol. The van der Waals surface area contributed by atoms with Crippen molar-refractivity contribution in [1.29, 1.82) is 0 Å². The number of rotatable bonds is 11. The molecule has 37 heavy (non-hydrogen) atoms. The van der Waals surface area contributed by atoms with E-state index >= 15 is 0 Å². The fourth-order valence-electron chi connectivity index (χ4n) is 5.36. The van der Waals surface area contributed by atoms with Crippen LogP contribution < -0.4 is 4.74 Å². The Kier molecular flexibility index (Phi) is 9.93. The molecule has 3 heteroatoms. The average Bonchev–Trinajstić information content (AvgIpc) is 2.93. The van der Waals surface area contributed by atoms with Gasteiger partial charge in [0.1, 0.15) is 0 Å². The highest BCUT2D eigenvalue weighted by molar-refractivity contribution is 5.65. The molecule has 1 fully saturated rings. The predicted octanol–water partition coefficient (Wildman–Crippen LogP) is 9.84. The van der Waals surface area contributed by atoms with Crippen LogP contribution in [0.2, 0.25) is 0 Å². The lowest BCUT2D eigenvalue weighted by Crippen LogP contribution is -2.11. The fourth-order valence-corrected chi connectivity index (χ4v) is 5.36. The van der Waals surface area contributed by atoms with Crippen LogP contribution in [-0.2, 0) is 12.8 Å². The summed E-state index contributed by atoms with van der Waals surface area (Å²) in [4.78, 5) is 0. The molecule has 1 aliphatic rings. The maximum Gasteiger partial charge on any atom is 0.201 e. The fraction of sp³-hybridized carbons (Fsp3) is 0.412. The first-order chi connectivity index (χ1) is 18.1. The largest absolute Gasteiger partial charge is 0.490 e. The summed E-state index contributed by atoms with van der Waals surface area (Å²) in [5.41, 5.74) is 5.11. The molecule has 0 amide bonds. The van der Waals surface area contributed by atoms with E-state index in [4.69, 9.17) is 4.74 Å². The van der Waals surface area contributed by atoms with E-state index < -0.39 is 11.6 Å². The van der Waals surface area contributed by atoms with Crippen LogP contribution in [0, 0.1) is 17.6 Å². The molecule has 0 radical (unpaired) electrons. The molecule has 0 unspecified atom stereocenters. The molecular formula is C34H40F2O. The summed E-state index contributed by atoms with van der Waals surface area (Å²) in [7, 11) is 0. The van der Waals surface area contributed by atoms with Crippen LogP contribution in [0.3, 0.4) is 0 Å². The Morgan fingerprint density at radius 2 is 1.43 bits per heavy atom. The minimum atomic E-state index is -0.911. The van der Waals surface area contributed by atoms with Gasteiger partial charge in [0.15, 0.2) is 11.6 Å². The number of aryl methyl sites for hydroxylation is 2. The van der Waals surface area contributed by atoms with Crippen LogP contribution in [0.5, 0.6) is 5.75 Å². The standard InChI is InChI=1S/C34H40F2O/c1-3-7-25-10-12-26(13-11-25)8-5-6-9-27-14-16-28(17-15-27)29-18-20-30(21-19-29)31-22-23-32(37-24-4-2)34(36)33(31)35/h6,9-13,18-23,27-28H,3-5,7-8,14-17,24H2,1-2H3. The van der Waals surface area contributed by atoms with Crippen LogP contribution in [0.1, 0.15) is 81.4 Å². The Bertz CT molecular complexity index is 1140. The van der Waals surface area contributed by atoms with E-state index in [-0.39, 0.29) is 11.3 Å². The van der Waals surface area contributed by atoms with Crippen LogP contribution >= 0.6 is 0 Å². The lowest BCUT2D eigenvalue weighted by Gasteiger charge is -2.27. The minimum Gasteiger partial charge on any atom is -0.490 e. The van der Waals surface area contributed by atoms with Crippen LogP contribution in [0.4, 0.5) is 8.78 Å². The Hall–Kier alpha value is -2.94. The van der Waals surface area contributed by atoms with Crippen molar-refractivity contribution in [2.24, 2.45) is 5.92 Å². The maximum atomic E-state index is 14.7. The summed E-state index contributed by atoms with van der Waals surface area (Å²) in [5, 5.41) is 0. The molecule has 0 heterocycles. The third kappa shape index (κ3) is 7.31. The van der Waals surface area contributed by atoms with Gasteiger partial charge in [-0.05, 0) is 97.6 Å². The molecule has 0 aliphatic heterocycles. The Morgan fingerprint density at radius 1 is 0.757 bits per heavy atom. The van der Waals surface area contributed by atoms with Crippen molar-refractivity contribution in [2.75, 3.05) is 6.61 Å². The first-order valence-corrected chi connectivity index (χ1v) is 14.0. The second-order valence-corrected chi connectivity index (χ2v) is 10.4. The quantitative estimate of drug-likeness (QED) is 0.237. The highest BCUT2D eigenvalue weighted by atomic mass is 19.2. The number of halogens is 2. The van der Waals surface area contributed by atoms with Crippen molar-refractivity contribution >= 4 is 0 Å². The normalized spacial score (nSPS) is 17.8. The lowest BCUT2D eigenvalue weighted by atomic mass is 9.78. The number of hydrogen-bond donors (Lipinski definition) is 0. The van der Waals surface area contributed by atoms with Crippen molar-refractivity contribution in [2.45, 2.75) is 77.6 Å². The van der Waals surface area contributed by atoms with Gasteiger partial charge >= 0.3 is 0 Å². The van der Waals surface area contributed by atoms with Gasteiger partial charge < -0.3 is 4.74 Å². The van der Waals surface area contributed by atoms with Gasteiger partial charge in [0, 0.05) is 5.56 Å². The summed E-state index contributed by atoms with van der Waals surface area (Å²) in [6.45, 7) is 4.53. The molecular weight excluding hydrogens is 462 g/mol. The van der Waals surface area contributed by atoms with E-state index in [0.717, 1.165) is 25.7 Å². The van der Waals surface area contributed by atoms with Gasteiger partial charge in [-0.15, -0.1) is 0 Å².